The number of carbonyl (C=O) groups is 1. The third-order valence-corrected chi connectivity index (χ3v) is 2.82. The van der Waals surface area contributed by atoms with Crippen LogP contribution in [-0.2, 0) is 9.47 Å². The van der Waals surface area contributed by atoms with Crippen LogP contribution < -0.4 is 5.73 Å². The molecule has 94 valence electrons. The molecule has 0 aliphatic rings. The van der Waals surface area contributed by atoms with Crippen molar-refractivity contribution in [3.63, 3.8) is 0 Å². The normalized spacial score (nSPS) is 14.1. The van der Waals surface area contributed by atoms with Crippen LogP contribution in [0.2, 0.25) is 5.02 Å². The number of methoxy groups -OCH3 is 1. The van der Waals surface area contributed by atoms with Gasteiger partial charge in [-0.15, -0.1) is 0 Å². The summed E-state index contributed by atoms with van der Waals surface area (Å²) >= 11 is 6.08. The summed E-state index contributed by atoms with van der Waals surface area (Å²) in [5.74, 6) is 0. The number of ether oxygens (including phenoxy) is 2. The number of hydrogen-bond acceptors (Lipinski definition) is 3. The van der Waals surface area contributed by atoms with E-state index in [9.17, 15) is 4.79 Å². The molecule has 0 aliphatic heterocycles. The van der Waals surface area contributed by atoms with Crippen molar-refractivity contribution in [3.8, 4) is 0 Å². The lowest BCUT2D eigenvalue weighted by Gasteiger charge is -2.25. The van der Waals surface area contributed by atoms with Crippen molar-refractivity contribution in [1.82, 2.24) is 0 Å². The quantitative estimate of drug-likeness (QED) is 0.882. The maximum atomic E-state index is 10.8. The van der Waals surface area contributed by atoms with Gasteiger partial charge in [-0.3, -0.25) is 0 Å². The van der Waals surface area contributed by atoms with Crippen LogP contribution in [0.5, 0.6) is 0 Å². The number of rotatable bonds is 5. The molecule has 0 spiro atoms. The first-order chi connectivity index (χ1) is 8.10. The Hall–Kier alpha value is -1.26. The van der Waals surface area contributed by atoms with E-state index in [2.05, 4.69) is 0 Å². The maximum absolute atomic E-state index is 10.8. The van der Waals surface area contributed by atoms with E-state index in [4.69, 9.17) is 26.8 Å². The molecule has 0 aliphatic carbocycles. The Kier molecular flexibility index (Phi) is 5.25. The zero-order valence-electron chi connectivity index (χ0n) is 9.85. The second-order valence-corrected chi connectivity index (χ2v) is 3.97. The summed E-state index contributed by atoms with van der Waals surface area (Å²) in [7, 11) is 1.54. The Morgan fingerprint density at radius 2 is 2.12 bits per heavy atom. The number of amides is 1. The maximum Gasteiger partial charge on any atom is 0.404 e. The van der Waals surface area contributed by atoms with Crippen LogP contribution in [0.1, 0.15) is 25.0 Å². The van der Waals surface area contributed by atoms with Gasteiger partial charge >= 0.3 is 6.09 Å². The zero-order chi connectivity index (χ0) is 12.8. The molecule has 17 heavy (non-hydrogen) atoms. The molecule has 1 aromatic rings. The minimum absolute atomic E-state index is 0.416. The van der Waals surface area contributed by atoms with Gasteiger partial charge in [0.05, 0.1) is 0 Å². The van der Waals surface area contributed by atoms with Crippen molar-refractivity contribution in [1.29, 1.82) is 0 Å². The molecule has 0 saturated heterocycles. The molecule has 0 saturated carbocycles. The second kappa shape index (κ2) is 6.47. The molecule has 0 radical (unpaired) electrons. The number of carbonyl (C=O) groups excluding carboxylic acids is 1. The first-order valence-electron chi connectivity index (χ1n) is 5.33. The van der Waals surface area contributed by atoms with Gasteiger partial charge in [0, 0.05) is 17.7 Å². The number of nitrogens with two attached hydrogens (primary N) is 1. The third-order valence-electron chi connectivity index (χ3n) is 2.47. The third kappa shape index (κ3) is 3.61. The first-order valence-corrected chi connectivity index (χ1v) is 5.71. The summed E-state index contributed by atoms with van der Waals surface area (Å²) < 4.78 is 10.4. The van der Waals surface area contributed by atoms with E-state index in [1.807, 2.05) is 25.1 Å². The van der Waals surface area contributed by atoms with E-state index in [0.717, 1.165) is 5.56 Å². The number of halogens is 1. The van der Waals surface area contributed by atoms with E-state index in [1.165, 1.54) is 0 Å². The highest BCUT2D eigenvalue weighted by atomic mass is 35.5. The van der Waals surface area contributed by atoms with Crippen LogP contribution in [0.3, 0.4) is 0 Å². The fraction of sp³-hybridized carbons (Fsp3) is 0.417. The van der Waals surface area contributed by atoms with Crippen LogP contribution in [-0.4, -0.2) is 19.3 Å². The van der Waals surface area contributed by atoms with Gasteiger partial charge in [-0.2, -0.15) is 0 Å². The molecule has 2 atom stereocenters. The summed E-state index contributed by atoms with van der Waals surface area (Å²) in [6.07, 6.45) is -1.09. The summed E-state index contributed by atoms with van der Waals surface area (Å²) in [5, 5.41) is 0.575. The predicted molar refractivity (Wildman–Crippen MR) is 65.9 cm³/mol. The van der Waals surface area contributed by atoms with Crippen LogP contribution in [0, 0.1) is 0 Å². The smallest absolute Gasteiger partial charge is 0.404 e. The molecule has 0 aromatic heterocycles. The number of hydrogen-bond donors (Lipinski definition) is 1. The van der Waals surface area contributed by atoms with Crippen molar-refractivity contribution in [2.75, 3.05) is 7.11 Å². The summed E-state index contributed by atoms with van der Waals surface area (Å²) in [6, 6.07) is 7.28. The van der Waals surface area contributed by atoms with Gasteiger partial charge in [-0.25, -0.2) is 4.79 Å². The molecule has 0 heterocycles. The Morgan fingerprint density at radius 1 is 1.47 bits per heavy atom. The molecule has 0 bridgehead atoms. The van der Waals surface area contributed by atoms with E-state index in [-0.39, 0.29) is 0 Å². The molecule has 2 unspecified atom stereocenters. The Morgan fingerprint density at radius 3 is 2.59 bits per heavy atom. The van der Waals surface area contributed by atoms with Gasteiger partial charge in [-0.05, 0) is 12.5 Å². The van der Waals surface area contributed by atoms with E-state index < -0.39 is 18.3 Å². The summed E-state index contributed by atoms with van der Waals surface area (Å²) in [4.78, 5) is 10.8. The van der Waals surface area contributed by atoms with E-state index in [0.29, 0.717) is 11.4 Å². The lowest BCUT2D eigenvalue weighted by molar-refractivity contribution is -0.0226. The minimum atomic E-state index is -0.814. The van der Waals surface area contributed by atoms with E-state index >= 15 is 0 Å². The Labute approximate surface area is 106 Å². The van der Waals surface area contributed by atoms with Crippen LogP contribution in [0.4, 0.5) is 4.79 Å². The van der Waals surface area contributed by atoms with Crippen LogP contribution >= 0.6 is 11.6 Å². The van der Waals surface area contributed by atoms with Gasteiger partial charge in [0.15, 0.2) is 0 Å². The van der Waals surface area contributed by atoms with Gasteiger partial charge in [-0.1, -0.05) is 36.7 Å². The SMILES string of the molecule is CCC(OC(N)=O)C(OC)c1ccccc1Cl. The molecule has 1 amide bonds. The van der Waals surface area contributed by atoms with Crippen molar-refractivity contribution in [2.24, 2.45) is 5.73 Å². The molecule has 5 heteroatoms. The van der Waals surface area contributed by atoms with Crippen LogP contribution in [0.15, 0.2) is 24.3 Å². The molecule has 2 N–H and O–H groups in total. The topological polar surface area (TPSA) is 61.5 Å². The Balaban J connectivity index is 2.97. The number of benzene rings is 1. The molecule has 1 aromatic carbocycles. The lowest BCUT2D eigenvalue weighted by atomic mass is 10.0. The van der Waals surface area contributed by atoms with Gasteiger partial charge in [0.25, 0.3) is 0 Å². The Bertz CT molecular complexity index is 384. The molecular weight excluding hydrogens is 242 g/mol. The average molecular weight is 258 g/mol. The molecule has 0 fully saturated rings. The largest absolute Gasteiger partial charge is 0.443 e. The summed E-state index contributed by atoms with van der Waals surface area (Å²) in [5.41, 5.74) is 5.81. The minimum Gasteiger partial charge on any atom is -0.443 e. The van der Waals surface area contributed by atoms with Gasteiger partial charge in [0.2, 0.25) is 0 Å². The van der Waals surface area contributed by atoms with Crippen molar-refractivity contribution >= 4 is 17.7 Å². The highest BCUT2D eigenvalue weighted by molar-refractivity contribution is 6.31. The predicted octanol–water partition coefficient (Wildman–Crippen LogP) is 2.90. The molecular formula is C12H16ClNO3. The van der Waals surface area contributed by atoms with Gasteiger partial charge in [0.1, 0.15) is 12.2 Å². The standard InChI is InChI=1S/C12H16ClNO3/c1-3-10(17-12(14)15)11(16-2)8-6-4-5-7-9(8)13/h4-7,10-11H,3H2,1-2H3,(H2,14,15). The van der Waals surface area contributed by atoms with Crippen molar-refractivity contribution in [3.05, 3.63) is 34.9 Å². The summed E-state index contributed by atoms with van der Waals surface area (Å²) in [6.45, 7) is 1.89. The zero-order valence-corrected chi connectivity index (χ0v) is 10.6. The number of primary amides is 1. The van der Waals surface area contributed by atoms with Gasteiger partial charge < -0.3 is 15.2 Å². The highest BCUT2D eigenvalue weighted by Crippen LogP contribution is 2.30. The average Bonchev–Trinajstić information content (AvgIpc) is 2.30. The molecule has 4 nitrogen and oxygen atoms in total. The van der Waals surface area contributed by atoms with Crippen molar-refractivity contribution < 1.29 is 14.3 Å². The van der Waals surface area contributed by atoms with Crippen LogP contribution in [0.25, 0.3) is 0 Å². The fourth-order valence-electron chi connectivity index (χ4n) is 1.69. The second-order valence-electron chi connectivity index (χ2n) is 3.56. The lowest BCUT2D eigenvalue weighted by Crippen LogP contribution is -2.29. The fourth-order valence-corrected chi connectivity index (χ4v) is 1.94. The first kappa shape index (κ1) is 13.8. The molecule has 1 rings (SSSR count). The van der Waals surface area contributed by atoms with E-state index in [1.54, 1.807) is 13.2 Å². The highest BCUT2D eigenvalue weighted by Gasteiger charge is 2.26. The van der Waals surface area contributed by atoms with Crippen molar-refractivity contribution in [2.45, 2.75) is 25.6 Å². The monoisotopic (exact) mass is 257 g/mol.